The molecule has 0 spiro atoms. The van der Waals surface area contributed by atoms with Crippen molar-refractivity contribution in [3.05, 3.63) is 88.3 Å². The van der Waals surface area contributed by atoms with Gasteiger partial charge in [-0.1, -0.05) is 86.1 Å². The average molecular weight is 627 g/mol. The van der Waals surface area contributed by atoms with Gasteiger partial charge < -0.3 is 0 Å². The summed E-state index contributed by atoms with van der Waals surface area (Å²) in [5.74, 6) is -8.34. The fourth-order valence-corrected chi connectivity index (χ4v) is 7.39. The van der Waals surface area contributed by atoms with E-state index >= 15 is 0 Å². The smallest absolute Gasteiger partial charge is 0.207 e. The molecular formula is C21H12Br2F9S. The molecule has 0 heterocycles. The van der Waals surface area contributed by atoms with Crippen molar-refractivity contribution in [2.45, 2.75) is 32.8 Å². The van der Waals surface area contributed by atoms with E-state index in [1.165, 1.54) is 36.8 Å². The van der Waals surface area contributed by atoms with Crippen molar-refractivity contribution in [2.75, 3.05) is 0 Å². The molecule has 2 aromatic rings. The Morgan fingerprint density at radius 1 is 0.788 bits per heavy atom. The highest BCUT2D eigenvalue weighted by atomic mass is 79.9. The Hall–Kier alpha value is -1.14. The molecule has 33 heavy (non-hydrogen) atoms. The quantitative estimate of drug-likeness (QED) is 0.236. The lowest BCUT2D eigenvalue weighted by Crippen LogP contribution is -2.52. The van der Waals surface area contributed by atoms with Crippen LogP contribution >= 0.6 is 43.6 Å². The van der Waals surface area contributed by atoms with Gasteiger partial charge in [-0.3, -0.25) is 0 Å². The van der Waals surface area contributed by atoms with Gasteiger partial charge in [0, 0.05) is 17.5 Å². The predicted molar refractivity (Wildman–Crippen MR) is 115 cm³/mol. The van der Waals surface area contributed by atoms with Gasteiger partial charge in [-0.05, 0) is 23.0 Å². The zero-order valence-corrected chi connectivity index (χ0v) is 20.0. The highest BCUT2D eigenvalue weighted by Crippen LogP contribution is 2.64. The molecule has 2 aromatic carbocycles. The van der Waals surface area contributed by atoms with Gasteiger partial charge in [-0.15, -0.1) is 0 Å². The summed E-state index contributed by atoms with van der Waals surface area (Å²) in [6, 6.07) is 9.39. The minimum atomic E-state index is -6.57. The van der Waals surface area contributed by atoms with Crippen LogP contribution in [0, 0.1) is 18.1 Å². The van der Waals surface area contributed by atoms with Gasteiger partial charge in [0.15, 0.2) is 0 Å². The summed E-state index contributed by atoms with van der Waals surface area (Å²) in [5, 5.41) is -5.71. The minimum Gasteiger partial charge on any atom is -0.207 e. The number of halogens is 11. The van der Waals surface area contributed by atoms with Crippen molar-refractivity contribution in [3.63, 3.8) is 0 Å². The standard InChI is InChI=1S/C21H12Br2F9S/c22-12-9-17(23,13-5-1-3-7-15(13)24)11-18(10-12,14-6-2-4-8-16(14)25)33-21(31,32)19(26,27)20(28,29)30/h1-10H,11H2. The predicted octanol–water partition coefficient (Wildman–Crippen LogP) is 8.86. The van der Waals surface area contributed by atoms with Crippen molar-refractivity contribution in [2.24, 2.45) is 0 Å². The third kappa shape index (κ3) is 4.84. The number of hydrogen-bond donors (Lipinski definition) is 0. The number of benzene rings is 2. The van der Waals surface area contributed by atoms with Crippen LogP contribution in [0.25, 0.3) is 0 Å². The third-order valence-electron chi connectivity index (χ3n) is 4.94. The van der Waals surface area contributed by atoms with Crippen LogP contribution in [-0.4, -0.2) is 17.4 Å². The molecule has 1 aliphatic carbocycles. The topological polar surface area (TPSA) is 0 Å². The summed E-state index contributed by atoms with van der Waals surface area (Å²) >= 11 is 5.23. The van der Waals surface area contributed by atoms with Gasteiger partial charge in [0.05, 0.1) is 9.07 Å². The summed E-state index contributed by atoms with van der Waals surface area (Å²) in [6.07, 6.45) is -5.05. The van der Waals surface area contributed by atoms with Gasteiger partial charge in [-0.25, -0.2) is 8.78 Å². The van der Waals surface area contributed by atoms with E-state index in [4.69, 9.17) is 0 Å². The lowest BCUT2D eigenvalue weighted by atomic mass is 9.78. The maximum Gasteiger partial charge on any atom is 0.460 e. The van der Waals surface area contributed by atoms with E-state index in [-0.39, 0.29) is 10.0 Å². The van der Waals surface area contributed by atoms with E-state index in [1.54, 1.807) is 0 Å². The Labute approximate surface area is 203 Å². The van der Waals surface area contributed by atoms with Gasteiger partial charge in [-0.2, -0.15) is 30.7 Å². The molecule has 179 valence electrons. The fraction of sp³-hybridized carbons (Fsp3) is 0.286. The first-order valence-corrected chi connectivity index (χ1v) is 11.4. The third-order valence-corrected chi connectivity index (χ3v) is 7.69. The molecule has 3 rings (SSSR count). The van der Waals surface area contributed by atoms with E-state index < -0.39 is 61.8 Å². The molecule has 0 amide bonds. The van der Waals surface area contributed by atoms with Gasteiger partial charge in [0.1, 0.15) is 11.6 Å². The SMILES string of the molecule is Fc1ccccc1C1(Br)[CH]C(Br)=CC(SC(F)(F)C(F)(F)C(F)(F)F)(c2ccccc2F)C1. The minimum absolute atomic E-state index is 0.0456. The van der Waals surface area contributed by atoms with Crippen LogP contribution in [0.3, 0.4) is 0 Å². The fourth-order valence-electron chi connectivity index (χ4n) is 3.49. The molecule has 0 aliphatic heterocycles. The Balaban J connectivity index is 2.24. The molecule has 0 fully saturated rings. The molecule has 2 atom stereocenters. The summed E-state index contributed by atoms with van der Waals surface area (Å²) in [7, 11) is 0. The van der Waals surface area contributed by atoms with Crippen LogP contribution in [0.5, 0.6) is 0 Å². The van der Waals surface area contributed by atoms with Crippen LogP contribution < -0.4 is 0 Å². The van der Waals surface area contributed by atoms with Gasteiger partial charge in [0.2, 0.25) is 0 Å². The Morgan fingerprint density at radius 2 is 1.27 bits per heavy atom. The number of allylic oxidation sites excluding steroid dienone is 1. The average Bonchev–Trinajstić information content (AvgIpc) is 2.66. The van der Waals surface area contributed by atoms with E-state index in [0.717, 1.165) is 24.3 Å². The molecule has 0 aromatic heterocycles. The van der Waals surface area contributed by atoms with E-state index in [2.05, 4.69) is 31.9 Å². The highest BCUT2D eigenvalue weighted by Gasteiger charge is 2.75. The first kappa shape index (κ1) is 26.5. The second-order valence-corrected chi connectivity index (χ2v) is 11.0. The van der Waals surface area contributed by atoms with Crippen molar-refractivity contribution < 1.29 is 39.5 Å². The van der Waals surface area contributed by atoms with Crippen LogP contribution in [-0.2, 0) is 9.07 Å². The van der Waals surface area contributed by atoms with Crippen LogP contribution in [0.15, 0.2) is 59.1 Å². The van der Waals surface area contributed by atoms with Crippen molar-refractivity contribution in [1.29, 1.82) is 0 Å². The molecule has 0 saturated carbocycles. The van der Waals surface area contributed by atoms with Crippen molar-refractivity contribution in [1.82, 2.24) is 0 Å². The molecule has 2 unspecified atom stereocenters. The lowest BCUT2D eigenvalue weighted by Gasteiger charge is -2.45. The molecule has 12 heteroatoms. The summed E-state index contributed by atoms with van der Waals surface area (Å²) in [4.78, 5) is 0. The Kier molecular flexibility index (Phi) is 7.07. The highest BCUT2D eigenvalue weighted by molar-refractivity contribution is 9.12. The zero-order chi connectivity index (χ0) is 24.9. The van der Waals surface area contributed by atoms with Crippen molar-refractivity contribution >= 4 is 43.6 Å². The van der Waals surface area contributed by atoms with E-state index in [0.29, 0.717) is 0 Å². The number of rotatable bonds is 5. The molecule has 0 nitrogen and oxygen atoms in total. The molecule has 1 radical (unpaired) electrons. The lowest BCUT2D eigenvalue weighted by molar-refractivity contribution is -0.330. The van der Waals surface area contributed by atoms with Crippen molar-refractivity contribution in [3.8, 4) is 0 Å². The first-order valence-electron chi connectivity index (χ1n) is 9.00. The van der Waals surface area contributed by atoms with Crippen LogP contribution in [0.1, 0.15) is 17.5 Å². The van der Waals surface area contributed by atoms with Gasteiger partial charge in [0.25, 0.3) is 0 Å². The largest absolute Gasteiger partial charge is 0.460 e. The monoisotopic (exact) mass is 625 g/mol. The molecule has 0 bridgehead atoms. The van der Waals surface area contributed by atoms with E-state index in [1.807, 2.05) is 0 Å². The molecule has 0 saturated heterocycles. The molecular weight excluding hydrogens is 615 g/mol. The number of thioether (sulfide) groups is 1. The molecule has 1 aliphatic rings. The summed E-state index contributed by atoms with van der Waals surface area (Å²) in [6.45, 7) is 0. The zero-order valence-electron chi connectivity index (χ0n) is 16.0. The first-order chi connectivity index (χ1) is 15.0. The molecule has 0 N–H and O–H groups in total. The summed E-state index contributed by atoms with van der Waals surface area (Å²) in [5.41, 5.74) is -0.680. The van der Waals surface area contributed by atoms with Gasteiger partial charge >= 0.3 is 17.4 Å². The van der Waals surface area contributed by atoms with E-state index in [9.17, 15) is 39.5 Å². The van der Waals surface area contributed by atoms with Crippen LogP contribution in [0.2, 0.25) is 0 Å². The Morgan fingerprint density at radius 3 is 1.76 bits per heavy atom. The second-order valence-electron chi connectivity index (χ2n) is 7.25. The summed E-state index contributed by atoms with van der Waals surface area (Å²) < 4.78 is 121. The number of alkyl halides is 8. The van der Waals surface area contributed by atoms with Crippen LogP contribution in [0.4, 0.5) is 39.5 Å². The number of hydrogen-bond acceptors (Lipinski definition) is 1. The normalized spacial score (nSPS) is 24.5. The Bertz CT molecular complexity index is 1070. The second kappa shape index (κ2) is 8.82. The maximum absolute atomic E-state index is 14.8. The maximum atomic E-state index is 14.8.